The van der Waals surface area contributed by atoms with Gasteiger partial charge in [0.05, 0.1) is 33.0 Å². The molecule has 0 saturated carbocycles. The Morgan fingerprint density at radius 3 is 0.966 bits per heavy atom. The summed E-state index contributed by atoms with van der Waals surface area (Å²) in [6.07, 6.45) is 13.8. The maximum absolute atomic E-state index is 13.5. The maximum atomic E-state index is 13.5. The van der Waals surface area contributed by atoms with Gasteiger partial charge in [0.2, 0.25) is 0 Å². The molecule has 0 bridgehead atoms. The van der Waals surface area contributed by atoms with E-state index in [2.05, 4.69) is 73.8 Å². The summed E-state index contributed by atoms with van der Waals surface area (Å²) in [5, 5.41) is 7.67. The second kappa shape index (κ2) is 46.4. The van der Waals surface area contributed by atoms with Gasteiger partial charge in [-0.2, -0.15) is 0 Å². The molecule has 8 aliphatic rings. The number of fused-ring (bicyclic) bond motifs is 12. The maximum Gasteiger partial charge on any atom is 0.416 e. The van der Waals surface area contributed by atoms with Crippen LogP contribution in [0.2, 0.25) is 25.1 Å². The third-order valence-electron chi connectivity index (χ3n) is 28.4. The molecule has 4 saturated heterocycles. The number of piperidine rings is 3. The predicted octanol–water partition coefficient (Wildman–Crippen LogP) is 23.8. The van der Waals surface area contributed by atoms with Crippen LogP contribution in [0.25, 0.3) is 43.6 Å². The number of H-pyrrole nitrogens is 4. The Kier molecular flexibility index (Phi) is 32.3. The largest absolute Gasteiger partial charge is 0.493 e. The van der Waals surface area contributed by atoms with Crippen LogP contribution < -0.4 is 28.4 Å². The first-order chi connectivity index (χ1) is 70.5. The molecule has 4 fully saturated rings. The Labute approximate surface area is 867 Å². The van der Waals surface area contributed by atoms with Gasteiger partial charge in [-0.15, -0.1) is 6.42 Å². The molecule has 12 heterocycles. The van der Waals surface area contributed by atoms with Crippen molar-refractivity contribution in [2.45, 2.75) is 94.5 Å². The minimum atomic E-state index is -0.504. The van der Waals surface area contributed by atoms with Crippen LogP contribution >= 0.6 is 58.0 Å². The van der Waals surface area contributed by atoms with Gasteiger partial charge in [-0.1, -0.05) is 112 Å². The number of benzene rings is 10. The third-order valence-corrected chi connectivity index (χ3v) is 29.6. The average Bonchev–Trinajstić information content (AvgIpc) is 1.62. The van der Waals surface area contributed by atoms with Gasteiger partial charge in [-0.05, 0) is 319 Å². The van der Waals surface area contributed by atoms with Gasteiger partial charge in [-0.25, -0.2) is 23.6 Å². The summed E-state index contributed by atoms with van der Waals surface area (Å²) in [6.45, 7) is 12.7. The van der Waals surface area contributed by atoms with Crippen molar-refractivity contribution < 1.29 is 70.9 Å². The van der Waals surface area contributed by atoms with Crippen molar-refractivity contribution in [3.05, 3.63) is 317 Å². The molecule has 0 radical (unpaired) electrons. The van der Waals surface area contributed by atoms with Crippen LogP contribution in [0, 0.1) is 35.9 Å². The SMILES string of the molecule is C#CCOC(=O)N1CCc2c([nH]c3ccc(Cl)cc23)C1c1ccc(OCC2CCCN(C)C2)cc1.CN1CCCC(COc2ccc(C3c4[nH]c5ccc(Cl)cc5c4CCN3C(=O)Oc3ccc(Cl)cc3)cc2)C1.COCCOC(=O)N1CCc2c([nH]c3ccc(Cl)cc23)C1c1ccc(OCC2CCCN(C)C2)cc1.O=C(Oc1ccc(F)cc1)N1CCc2c([nH]c3ccc(Cl)cc23)C1c1ccc(OCC2CO2)cc1. The van der Waals surface area contributed by atoms with Crippen molar-refractivity contribution in [3.63, 3.8) is 0 Å². The Balaban J connectivity index is 0.000000122. The summed E-state index contributed by atoms with van der Waals surface area (Å²) in [5.74, 6) is 7.63. The summed E-state index contributed by atoms with van der Waals surface area (Å²) in [4.78, 5) is 81.1. The van der Waals surface area contributed by atoms with Crippen LogP contribution in [0.5, 0.6) is 34.5 Å². The fraction of sp³-hybridized carbons (Fsp3) is 0.351. The number of carbonyl (C=O) groups is 4. The van der Waals surface area contributed by atoms with E-state index in [1.807, 2.05) is 158 Å². The van der Waals surface area contributed by atoms with E-state index in [0.29, 0.717) is 120 Å². The lowest BCUT2D eigenvalue weighted by atomic mass is 9.92. The van der Waals surface area contributed by atoms with Crippen molar-refractivity contribution in [2.75, 3.05) is 147 Å². The van der Waals surface area contributed by atoms with Gasteiger partial charge in [0.25, 0.3) is 0 Å². The molecule has 4 aromatic heterocycles. The Morgan fingerprint density at radius 1 is 0.372 bits per heavy atom. The van der Waals surface area contributed by atoms with Gasteiger partial charge in [0.15, 0.2) is 6.61 Å². The van der Waals surface area contributed by atoms with Gasteiger partial charge in [0.1, 0.15) is 83.8 Å². The fourth-order valence-electron chi connectivity index (χ4n) is 21.2. The second-order valence-corrected chi connectivity index (χ2v) is 40.7. The molecule has 754 valence electrons. The van der Waals surface area contributed by atoms with Gasteiger partial charge in [0, 0.05) is 162 Å². The number of amides is 4. The number of methoxy groups -OCH3 is 1. The molecule has 8 aliphatic heterocycles. The number of nitrogens with zero attached hydrogens (tertiary/aromatic N) is 7. The molecule has 8 atom stereocenters. The summed E-state index contributed by atoms with van der Waals surface area (Å²) in [7, 11) is 8.09. The van der Waals surface area contributed by atoms with Crippen LogP contribution in [0.4, 0.5) is 23.6 Å². The van der Waals surface area contributed by atoms with Gasteiger partial charge in [-0.3, -0.25) is 19.6 Å². The molecule has 8 unspecified atom stereocenters. The number of epoxide rings is 1. The lowest BCUT2D eigenvalue weighted by molar-refractivity contribution is 0.0629. The van der Waals surface area contributed by atoms with Crippen molar-refractivity contribution in [2.24, 2.45) is 17.8 Å². The first kappa shape index (κ1) is 101. The Hall–Kier alpha value is -12.6. The number of halogens is 6. The number of hydrogen-bond acceptors (Lipinski definition) is 17. The highest BCUT2D eigenvalue weighted by atomic mass is 35.5. The Bertz CT molecular complexity index is 6940. The fourth-order valence-corrected chi connectivity index (χ4v) is 22.0. The highest BCUT2D eigenvalue weighted by molar-refractivity contribution is 6.32. The molecule has 145 heavy (non-hydrogen) atoms. The van der Waals surface area contributed by atoms with Gasteiger partial charge < -0.3 is 82.0 Å². The normalized spacial score (nSPS) is 19.8. The molecule has 14 aromatic rings. The van der Waals surface area contributed by atoms with E-state index in [1.54, 1.807) is 51.0 Å². The molecule has 0 spiro atoms. The van der Waals surface area contributed by atoms with E-state index >= 15 is 0 Å². The minimum Gasteiger partial charge on any atom is -0.493 e. The smallest absolute Gasteiger partial charge is 0.416 e. The van der Waals surface area contributed by atoms with Crippen LogP contribution in [0.3, 0.4) is 0 Å². The van der Waals surface area contributed by atoms with Crippen molar-refractivity contribution >= 4 is 126 Å². The highest BCUT2D eigenvalue weighted by Crippen LogP contribution is 2.47. The molecular weight excluding hydrogens is 1940 g/mol. The topological polar surface area (TPSA) is 250 Å². The van der Waals surface area contributed by atoms with E-state index in [9.17, 15) is 23.6 Å². The number of rotatable bonds is 22. The highest BCUT2D eigenvalue weighted by Gasteiger charge is 2.42. The summed E-state index contributed by atoms with van der Waals surface area (Å²) in [6, 6.07) is 66.1. The van der Waals surface area contributed by atoms with E-state index in [-0.39, 0.29) is 49.3 Å². The second-order valence-electron chi connectivity index (χ2n) is 38.5. The van der Waals surface area contributed by atoms with Crippen molar-refractivity contribution in [3.8, 4) is 46.8 Å². The standard InChI is InChI=1S/C31H31Cl2N3O3.C28H34ClN3O4.C28H30ClN3O3.C27H22ClFN2O4/c1-35-15-2-3-20(18-35)19-38-24-9-4-21(5-10-24)30-29-26(27-17-23(33)8-13-28(27)34-29)14-16-36(30)31(37)39-25-11-6-22(32)7-12-25;1-31-12-3-4-19(17-31)18-36-22-8-5-20(6-9-22)27-26-23(24-16-21(29)7-10-25(24)30-26)11-13-32(27)28(33)35-15-14-34-2;1-3-15-34-28(33)32-14-12-23-24-16-21(29)8-11-25(24)30-26(23)27(32)20-6-9-22(10-7-20)35-18-19-5-4-13-31(2)17-19;28-17-3-10-24-23(13-17)22-11-12-31(27(32)35-20-8-4-18(29)5-9-20)26(25(22)30-24)16-1-6-19(7-2-16)33-14-21-15-34-21/h4-13,17,20,30,34H,2-3,14-16,18-19H2,1H3;5-10,16,19,27,30H,3-4,11-15,17-18H2,1-2H3;1,6-11,16,19,27,30H,4-5,12-15,17-18H2,2H3;1-10,13,21,26,30H,11-12,14-15H2. The Morgan fingerprint density at radius 2 is 0.662 bits per heavy atom. The first-order valence-electron chi connectivity index (χ1n) is 49.6. The van der Waals surface area contributed by atoms with E-state index in [0.717, 1.165) is 170 Å². The third kappa shape index (κ3) is 24.2. The first-order valence-corrected chi connectivity index (χ1v) is 51.5. The lowest BCUT2D eigenvalue weighted by Crippen LogP contribution is -2.42. The van der Waals surface area contributed by atoms with Crippen LogP contribution in [-0.2, 0) is 44.6 Å². The van der Waals surface area contributed by atoms with Crippen LogP contribution in [0.1, 0.15) is 130 Å². The lowest BCUT2D eigenvalue weighted by Gasteiger charge is -2.35. The monoisotopic (exact) mass is 2060 g/mol. The zero-order valence-corrected chi connectivity index (χ0v) is 85.2. The van der Waals surface area contributed by atoms with E-state index < -0.39 is 30.1 Å². The number of terminal acetylenes is 1. The number of hydrogen-bond donors (Lipinski definition) is 4. The van der Waals surface area contributed by atoms with Crippen molar-refractivity contribution in [1.29, 1.82) is 0 Å². The zero-order chi connectivity index (χ0) is 100. The molecule has 10 aromatic carbocycles. The molecule has 4 amide bonds. The molecule has 4 N–H and O–H groups in total. The summed E-state index contributed by atoms with van der Waals surface area (Å²) in [5.41, 5.74) is 16.4. The number of aromatic amines is 4. The number of aromatic nitrogens is 4. The number of likely N-dealkylation sites (tertiary alicyclic amines) is 3. The zero-order valence-electron chi connectivity index (χ0n) is 81.4. The number of carbonyl (C=O) groups excluding carboxylic acids is 4. The van der Waals surface area contributed by atoms with Gasteiger partial charge >= 0.3 is 24.4 Å². The van der Waals surface area contributed by atoms with Crippen LogP contribution in [-0.4, -0.2) is 231 Å². The van der Waals surface area contributed by atoms with Crippen LogP contribution in [0.15, 0.2) is 218 Å². The predicted molar refractivity (Wildman–Crippen MR) is 564 cm³/mol. The summed E-state index contributed by atoms with van der Waals surface area (Å²) >= 11 is 31.2. The molecule has 31 heteroatoms. The average molecular weight is 2060 g/mol. The van der Waals surface area contributed by atoms with E-state index in [4.69, 9.17) is 112 Å². The number of nitrogens with one attached hydrogen (secondary N) is 4. The minimum absolute atomic E-state index is 0.0552. The molecule has 25 nitrogen and oxygen atoms in total. The summed E-state index contributed by atoms with van der Waals surface area (Å²) < 4.78 is 70.0. The van der Waals surface area contributed by atoms with E-state index in [1.165, 1.54) is 86.0 Å². The number of ether oxygens (including phenoxy) is 10. The molecular formula is C114H117Cl5FN11O14. The molecule has 22 rings (SSSR count). The quantitative estimate of drug-likeness (QED) is 0.0280. The molecule has 0 aliphatic carbocycles. The van der Waals surface area contributed by atoms with Crippen molar-refractivity contribution in [1.82, 2.24) is 54.2 Å².